The van der Waals surface area contributed by atoms with E-state index in [1.54, 1.807) is 4.90 Å². The van der Waals surface area contributed by atoms with E-state index in [1.165, 1.54) is 17.5 Å². The van der Waals surface area contributed by atoms with Crippen LogP contribution >= 0.6 is 0 Å². The van der Waals surface area contributed by atoms with Crippen LogP contribution in [0.1, 0.15) is 19.8 Å². The van der Waals surface area contributed by atoms with Crippen LogP contribution < -0.4 is 0 Å². The lowest BCUT2D eigenvalue weighted by Gasteiger charge is -2.33. The summed E-state index contributed by atoms with van der Waals surface area (Å²) in [4.78, 5) is 24.0. The van der Waals surface area contributed by atoms with Crippen LogP contribution in [0.3, 0.4) is 0 Å². The average molecular weight is 262 g/mol. The Labute approximate surface area is 102 Å². The highest BCUT2D eigenvalue weighted by molar-refractivity contribution is 7.88. The SMILES string of the molecule is CC(=O)CCC(=O)N1CCN(S(C)(=O)=O)CC1. The summed E-state index contributed by atoms with van der Waals surface area (Å²) in [6.07, 6.45) is 1.64. The molecule has 7 heteroatoms. The van der Waals surface area contributed by atoms with Crippen molar-refractivity contribution in [3.8, 4) is 0 Å². The Bertz CT molecular complexity index is 397. The number of piperazine rings is 1. The van der Waals surface area contributed by atoms with Gasteiger partial charge < -0.3 is 9.69 Å². The van der Waals surface area contributed by atoms with Crippen LogP contribution in [0.15, 0.2) is 0 Å². The molecule has 98 valence electrons. The van der Waals surface area contributed by atoms with Gasteiger partial charge in [0.1, 0.15) is 5.78 Å². The lowest BCUT2D eigenvalue weighted by molar-refractivity contribution is -0.134. The van der Waals surface area contributed by atoms with Crippen molar-refractivity contribution in [3.05, 3.63) is 0 Å². The quantitative estimate of drug-likeness (QED) is 0.682. The minimum Gasteiger partial charge on any atom is -0.340 e. The smallest absolute Gasteiger partial charge is 0.223 e. The van der Waals surface area contributed by atoms with Crippen LogP contribution in [-0.2, 0) is 19.6 Å². The molecule has 6 nitrogen and oxygen atoms in total. The summed E-state index contributed by atoms with van der Waals surface area (Å²) >= 11 is 0. The fraction of sp³-hybridized carbons (Fsp3) is 0.800. The van der Waals surface area contributed by atoms with E-state index < -0.39 is 10.0 Å². The van der Waals surface area contributed by atoms with Crippen molar-refractivity contribution < 1.29 is 18.0 Å². The predicted octanol–water partition coefficient (Wildman–Crippen LogP) is -0.541. The number of carbonyl (C=O) groups is 2. The molecule has 0 bridgehead atoms. The first kappa shape index (κ1) is 14.1. The third-order valence-electron chi connectivity index (χ3n) is 2.75. The van der Waals surface area contributed by atoms with E-state index in [1.807, 2.05) is 0 Å². The summed E-state index contributed by atoms with van der Waals surface area (Å²) in [6.45, 7) is 2.94. The fourth-order valence-electron chi connectivity index (χ4n) is 1.71. The van der Waals surface area contributed by atoms with Gasteiger partial charge in [0.2, 0.25) is 15.9 Å². The van der Waals surface area contributed by atoms with Gasteiger partial charge in [0.15, 0.2) is 0 Å². The first-order valence-electron chi connectivity index (χ1n) is 5.53. The predicted molar refractivity (Wildman–Crippen MR) is 62.9 cm³/mol. The van der Waals surface area contributed by atoms with Crippen LogP contribution in [-0.4, -0.2) is 61.7 Å². The van der Waals surface area contributed by atoms with Gasteiger partial charge in [-0.1, -0.05) is 0 Å². The van der Waals surface area contributed by atoms with E-state index >= 15 is 0 Å². The molecule has 1 saturated heterocycles. The molecule has 1 heterocycles. The number of amides is 1. The Morgan fingerprint density at radius 1 is 1.06 bits per heavy atom. The van der Waals surface area contributed by atoms with E-state index in [4.69, 9.17) is 0 Å². The zero-order chi connectivity index (χ0) is 13.1. The van der Waals surface area contributed by atoms with Crippen LogP contribution in [0.25, 0.3) is 0 Å². The second kappa shape index (κ2) is 5.59. The van der Waals surface area contributed by atoms with Crippen molar-refractivity contribution in [1.29, 1.82) is 0 Å². The number of Topliss-reactive ketones (excluding diaryl/α,β-unsaturated/α-hetero) is 1. The van der Waals surface area contributed by atoms with Crippen LogP contribution in [0.2, 0.25) is 0 Å². The number of carbonyl (C=O) groups excluding carboxylic acids is 2. The largest absolute Gasteiger partial charge is 0.340 e. The third-order valence-corrected chi connectivity index (χ3v) is 4.05. The molecule has 1 fully saturated rings. The molecule has 0 aromatic heterocycles. The zero-order valence-corrected chi connectivity index (χ0v) is 11.0. The first-order chi connectivity index (χ1) is 7.80. The molecule has 0 saturated carbocycles. The van der Waals surface area contributed by atoms with Crippen molar-refractivity contribution >= 4 is 21.7 Å². The molecule has 1 aliphatic heterocycles. The Kier molecular flexibility index (Phi) is 4.64. The van der Waals surface area contributed by atoms with Gasteiger partial charge in [0, 0.05) is 39.0 Å². The van der Waals surface area contributed by atoms with E-state index in [9.17, 15) is 18.0 Å². The summed E-state index contributed by atoms with van der Waals surface area (Å²) in [6, 6.07) is 0. The van der Waals surface area contributed by atoms with Crippen molar-refractivity contribution in [2.45, 2.75) is 19.8 Å². The van der Waals surface area contributed by atoms with Crippen LogP contribution in [0.4, 0.5) is 0 Å². The molecule has 0 spiro atoms. The van der Waals surface area contributed by atoms with Crippen molar-refractivity contribution in [1.82, 2.24) is 9.21 Å². The molecule has 0 N–H and O–H groups in total. The Balaban J connectivity index is 2.41. The molecule has 0 radical (unpaired) electrons. The summed E-state index contributed by atoms with van der Waals surface area (Å²) in [5, 5.41) is 0. The van der Waals surface area contributed by atoms with Crippen molar-refractivity contribution in [3.63, 3.8) is 0 Å². The van der Waals surface area contributed by atoms with Crippen molar-refractivity contribution in [2.75, 3.05) is 32.4 Å². The molecular formula is C10H18N2O4S. The highest BCUT2D eigenvalue weighted by Crippen LogP contribution is 2.08. The molecule has 1 aliphatic rings. The third kappa shape index (κ3) is 4.43. The monoisotopic (exact) mass is 262 g/mol. The first-order valence-corrected chi connectivity index (χ1v) is 7.38. The minimum atomic E-state index is -3.16. The lowest BCUT2D eigenvalue weighted by Crippen LogP contribution is -2.50. The molecular weight excluding hydrogens is 244 g/mol. The second-order valence-electron chi connectivity index (χ2n) is 4.24. The highest BCUT2D eigenvalue weighted by Gasteiger charge is 2.25. The molecule has 1 rings (SSSR count). The average Bonchev–Trinajstić information content (AvgIpc) is 2.25. The second-order valence-corrected chi connectivity index (χ2v) is 6.23. The molecule has 17 heavy (non-hydrogen) atoms. The topological polar surface area (TPSA) is 74.8 Å². The van der Waals surface area contributed by atoms with Gasteiger partial charge in [0.25, 0.3) is 0 Å². The van der Waals surface area contributed by atoms with E-state index in [2.05, 4.69) is 0 Å². The van der Waals surface area contributed by atoms with Gasteiger partial charge in [-0.05, 0) is 6.92 Å². The normalized spacial score (nSPS) is 18.1. The van der Waals surface area contributed by atoms with Crippen LogP contribution in [0, 0.1) is 0 Å². The lowest BCUT2D eigenvalue weighted by atomic mass is 10.2. The summed E-state index contributed by atoms with van der Waals surface area (Å²) in [5.74, 6) is -0.0820. The molecule has 1 amide bonds. The van der Waals surface area contributed by atoms with E-state index in [0.29, 0.717) is 26.2 Å². The number of ketones is 1. The number of nitrogens with zero attached hydrogens (tertiary/aromatic N) is 2. The Hall–Kier alpha value is -0.950. The highest BCUT2D eigenvalue weighted by atomic mass is 32.2. The van der Waals surface area contributed by atoms with Crippen molar-refractivity contribution in [2.24, 2.45) is 0 Å². The maximum atomic E-state index is 11.7. The number of sulfonamides is 1. The van der Waals surface area contributed by atoms with Gasteiger partial charge in [-0.15, -0.1) is 0 Å². The molecule has 0 atom stereocenters. The summed E-state index contributed by atoms with van der Waals surface area (Å²) in [5.41, 5.74) is 0. The molecule has 0 aromatic rings. The van der Waals surface area contributed by atoms with Gasteiger partial charge >= 0.3 is 0 Å². The maximum absolute atomic E-state index is 11.7. The van der Waals surface area contributed by atoms with Gasteiger partial charge in [-0.3, -0.25) is 4.79 Å². The minimum absolute atomic E-state index is 0.00637. The molecule has 0 unspecified atom stereocenters. The zero-order valence-electron chi connectivity index (χ0n) is 10.2. The van der Waals surface area contributed by atoms with Gasteiger partial charge in [-0.2, -0.15) is 4.31 Å². The van der Waals surface area contributed by atoms with E-state index in [0.717, 1.165) is 0 Å². The maximum Gasteiger partial charge on any atom is 0.223 e. The molecule has 0 aromatic carbocycles. The number of rotatable bonds is 4. The standard InChI is InChI=1S/C10H18N2O4S/c1-9(13)3-4-10(14)11-5-7-12(8-6-11)17(2,15)16/h3-8H2,1-2H3. The Morgan fingerprint density at radius 3 is 2.00 bits per heavy atom. The van der Waals surface area contributed by atoms with Crippen LogP contribution in [0.5, 0.6) is 0 Å². The molecule has 0 aliphatic carbocycles. The van der Waals surface area contributed by atoms with E-state index in [-0.39, 0.29) is 24.5 Å². The van der Waals surface area contributed by atoms with Gasteiger partial charge in [-0.25, -0.2) is 8.42 Å². The summed E-state index contributed by atoms with van der Waals surface area (Å²) in [7, 11) is -3.16. The Morgan fingerprint density at radius 2 is 1.59 bits per heavy atom. The summed E-state index contributed by atoms with van der Waals surface area (Å²) < 4.78 is 23.9. The van der Waals surface area contributed by atoms with Gasteiger partial charge in [0.05, 0.1) is 6.26 Å². The number of hydrogen-bond acceptors (Lipinski definition) is 4. The number of hydrogen-bond donors (Lipinski definition) is 0. The fourth-order valence-corrected chi connectivity index (χ4v) is 2.54.